The van der Waals surface area contributed by atoms with Crippen molar-refractivity contribution in [1.82, 2.24) is 0 Å². The fraction of sp³-hybridized carbons (Fsp3) is 0. The summed E-state index contributed by atoms with van der Waals surface area (Å²) < 4.78 is 14.1. The second-order valence-corrected chi connectivity index (χ2v) is 5.08. The third-order valence-corrected chi connectivity index (χ3v) is 3.34. The number of nitrogens with one attached hydrogen (secondary N) is 1. The normalized spacial score (nSPS) is 10.3. The van der Waals surface area contributed by atoms with E-state index >= 15 is 0 Å². The summed E-state index contributed by atoms with van der Waals surface area (Å²) in [5.74, 6) is -1.16. The first-order chi connectivity index (χ1) is 8.99. The number of anilines is 2. The zero-order valence-corrected chi connectivity index (χ0v) is 11.9. The molecule has 19 heavy (non-hydrogen) atoms. The second-order valence-electron chi connectivity index (χ2n) is 3.79. The van der Waals surface area contributed by atoms with E-state index in [-0.39, 0.29) is 10.6 Å². The molecule has 2 rings (SSSR count). The van der Waals surface area contributed by atoms with Gasteiger partial charge in [-0.3, -0.25) is 4.79 Å². The predicted molar refractivity (Wildman–Crippen MR) is 77.9 cm³/mol. The van der Waals surface area contributed by atoms with E-state index in [2.05, 4.69) is 21.2 Å². The van der Waals surface area contributed by atoms with E-state index in [0.29, 0.717) is 11.4 Å². The predicted octanol–water partition coefficient (Wildman–Crippen LogP) is 4.08. The number of carbonyl (C=O) groups excluding carboxylic acids is 1. The van der Waals surface area contributed by atoms with Crippen LogP contribution >= 0.6 is 27.5 Å². The van der Waals surface area contributed by atoms with Gasteiger partial charge in [0.1, 0.15) is 5.82 Å². The van der Waals surface area contributed by atoms with E-state index in [1.165, 1.54) is 18.2 Å². The molecule has 0 saturated heterocycles. The molecule has 3 nitrogen and oxygen atoms in total. The Morgan fingerprint density at radius 1 is 1.32 bits per heavy atom. The lowest BCUT2D eigenvalue weighted by molar-refractivity contribution is 0.102. The van der Waals surface area contributed by atoms with E-state index in [1.54, 1.807) is 18.2 Å². The molecular formula is C13H9BrClFN2O. The van der Waals surface area contributed by atoms with E-state index in [0.717, 1.165) is 4.47 Å². The topological polar surface area (TPSA) is 55.1 Å². The maximum atomic E-state index is 13.3. The first-order valence-electron chi connectivity index (χ1n) is 5.29. The Morgan fingerprint density at radius 2 is 2.05 bits per heavy atom. The molecule has 2 aromatic carbocycles. The highest BCUT2D eigenvalue weighted by Crippen LogP contribution is 2.25. The summed E-state index contributed by atoms with van der Waals surface area (Å²) in [6.45, 7) is 0. The number of benzene rings is 2. The van der Waals surface area contributed by atoms with Gasteiger partial charge in [-0.15, -0.1) is 0 Å². The number of amides is 1. The van der Waals surface area contributed by atoms with Gasteiger partial charge in [0.25, 0.3) is 5.91 Å². The Labute approximate surface area is 122 Å². The lowest BCUT2D eigenvalue weighted by atomic mass is 10.2. The van der Waals surface area contributed by atoms with Crippen LogP contribution in [0.5, 0.6) is 0 Å². The Bertz CT molecular complexity index is 649. The van der Waals surface area contributed by atoms with Crippen molar-refractivity contribution in [3.8, 4) is 0 Å². The van der Waals surface area contributed by atoms with Crippen LogP contribution in [0.3, 0.4) is 0 Å². The van der Waals surface area contributed by atoms with Gasteiger partial charge in [-0.1, -0.05) is 33.6 Å². The van der Waals surface area contributed by atoms with E-state index in [4.69, 9.17) is 17.3 Å². The van der Waals surface area contributed by atoms with Gasteiger partial charge in [-0.05, 0) is 30.3 Å². The summed E-state index contributed by atoms with van der Waals surface area (Å²) in [7, 11) is 0. The van der Waals surface area contributed by atoms with Crippen molar-refractivity contribution in [3.05, 3.63) is 57.3 Å². The molecule has 0 fully saturated rings. The molecule has 3 N–H and O–H groups in total. The maximum Gasteiger partial charge on any atom is 0.257 e. The van der Waals surface area contributed by atoms with Crippen LogP contribution in [0, 0.1) is 5.82 Å². The molecular weight excluding hydrogens is 335 g/mol. The maximum absolute atomic E-state index is 13.3. The second kappa shape index (κ2) is 5.59. The smallest absolute Gasteiger partial charge is 0.257 e. The molecule has 0 bridgehead atoms. The quantitative estimate of drug-likeness (QED) is 0.807. The van der Waals surface area contributed by atoms with Crippen LogP contribution in [0.15, 0.2) is 40.9 Å². The van der Waals surface area contributed by atoms with E-state index in [9.17, 15) is 9.18 Å². The molecule has 0 atom stereocenters. The molecule has 0 unspecified atom stereocenters. The molecule has 0 radical (unpaired) electrons. The number of rotatable bonds is 2. The summed E-state index contributed by atoms with van der Waals surface area (Å²) in [6.07, 6.45) is 0. The molecule has 0 aliphatic heterocycles. The van der Waals surface area contributed by atoms with Crippen LogP contribution in [0.25, 0.3) is 0 Å². The summed E-state index contributed by atoms with van der Waals surface area (Å²) in [5.41, 5.74) is 6.66. The molecule has 0 heterocycles. The van der Waals surface area contributed by atoms with Crippen molar-refractivity contribution in [1.29, 1.82) is 0 Å². The number of halogens is 3. The van der Waals surface area contributed by atoms with Crippen molar-refractivity contribution >= 4 is 44.8 Å². The summed E-state index contributed by atoms with van der Waals surface area (Å²) in [4.78, 5) is 12.0. The van der Waals surface area contributed by atoms with Crippen molar-refractivity contribution in [2.45, 2.75) is 0 Å². The lowest BCUT2D eigenvalue weighted by Gasteiger charge is -2.09. The zero-order chi connectivity index (χ0) is 14.0. The first kappa shape index (κ1) is 13.8. The molecule has 0 spiro atoms. The van der Waals surface area contributed by atoms with Crippen LogP contribution < -0.4 is 11.1 Å². The number of hydrogen-bond acceptors (Lipinski definition) is 2. The zero-order valence-electron chi connectivity index (χ0n) is 9.58. The van der Waals surface area contributed by atoms with Gasteiger partial charge in [0.05, 0.1) is 22.0 Å². The summed E-state index contributed by atoms with van der Waals surface area (Å²) in [6, 6.07) is 9.08. The molecule has 98 valence electrons. The van der Waals surface area contributed by atoms with Crippen molar-refractivity contribution in [2.24, 2.45) is 0 Å². The Balaban J connectivity index is 2.28. The van der Waals surface area contributed by atoms with Gasteiger partial charge in [-0.25, -0.2) is 4.39 Å². The number of nitrogens with two attached hydrogens (primary N) is 1. The Kier molecular flexibility index (Phi) is 4.07. The molecule has 0 aliphatic carbocycles. The standard InChI is InChI=1S/C13H9BrClFN2O/c14-7-4-5-11(10(17)6-7)18-13(19)8-2-1-3-9(16)12(8)15/h1-6H,17H2,(H,18,19). The lowest BCUT2D eigenvalue weighted by Crippen LogP contribution is -2.14. The van der Waals surface area contributed by atoms with Gasteiger partial charge in [0.2, 0.25) is 0 Å². The SMILES string of the molecule is Nc1cc(Br)ccc1NC(=O)c1cccc(F)c1Cl. The highest BCUT2D eigenvalue weighted by atomic mass is 79.9. The number of hydrogen-bond donors (Lipinski definition) is 2. The monoisotopic (exact) mass is 342 g/mol. The van der Waals surface area contributed by atoms with Crippen LogP contribution in [-0.4, -0.2) is 5.91 Å². The fourth-order valence-electron chi connectivity index (χ4n) is 1.52. The van der Waals surface area contributed by atoms with Crippen LogP contribution in [0.1, 0.15) is 10.4 Å². The minimum Gasteiger partial charge on any atom is -0.397 e. The van der Waals surface area contributed by atoms with E-state index < -0.39 is 11.7 Å². The van der Waals surface area contributed by atoms with Gasteiger partial charge in [-0.2, -0.15) is 0 Å². The molecule has 0 aromatic heterocycles. The third-order valence-electron chi connectivity index (χ3n) is 2.46. The van der Waals surface area contributed by atoms with Crippen LogP contribution in [-0.2, 0) is 0 Å². The van der Waals surface area contributed by atoms with Crippen molar-refractivity contribution < 1.29 is 9.18 Å². The average molecular weight is 344 g/mol. The Morgan fingerprint density at radius 3 is 2.74 bits per heavy atom. The highest BCUT2D eigenvalue weighted by Gasteiger charge is 2.14. The highest BCUT2D eigenvalue weighted by molar-refractivity contribution is 9.10. The average Bonchev–Trinajstić information content (AvgIpc) is 2.36. The van der Waals surface area contributed by atoms with Gasteiger partial charge >= 0.3 is 0 Å². The number of carbonyl (C=O) groups is 1. The number of nitrogen functional groups attached to an aromatic ring is 1. The minimum absolute atomic E-state index is 0.0592. The third kappa shape index (κ3) is 3.05. The largest absolute Gasteiger partial charge is 0.397 e. The fourth-order valence-corrected chi connectivity index (χ4v) is 2.11. The molecule has 6 heteroatoms. The molecule has 0 saturated carbocycles. The van der Waals surface area contributed by atoms with Gasteiger partial charge < -0.3 is 11.1 Å². The molecule has 0 aliphatic rings. The molecule has 2 aromatic rings. The van der Waals surface area contributed by atoms with Crippen LogP contribution in [0.2, 0.25) is 5.02 Å². The van der Waals surface area contributed by atoms with Crippen LogP contribution in [0.4, 0.5) is 15.8 Å². The van der Waals surface area contributed by atoms with Crippen molar-refractivity contribution in [3.63, 3.8) is 0 Å². The molecule has 1 amide bonds. The van der Waals surface area contributed by atoms with Gasteiger partial charge in [0, 0.05) is 4.47 Å². The summed E-state index contributed by atoms with van der Waals surface area (Å²) in [5, 5.41) is 2.37. The Hall–Kier alpha value is -1.59. The minimum atomic E-state index is -0.641. The van der Waals surface area contributed by atoms with Crippen molar-refractivity contribution in [2.75, 3.05) is 11.1 Å². The first-order valence-corrected chi connectivity index (χ1v) is 6.46. The van der Waals surface area contributed by atoms with E-state index in [1.807, 2.05) is 0 Å². The summed E-state index contributed by atoms with van der Waals surface area (Å²) >= 11 is 9.01. The van der Waals surface area contributed by atoms with Gasteiger partial charge in [0.15, 0.2) is 0 Å².